The third-order valence-electron chi connectivity index (χ3n) is 7.05. The number of hydrogen-bond acceptors (Lipinski definition) is 10. The van der Waals surface area contributed by atoms with Gasteiger partial charge in [0.05, 0.1) is 0 Å². The summed E-state index contributed by atoms with van der Waals surface area (Å²) in [6, 6.07) is 0. The van der Waals surface area contributed by atoms with Gasteiger partial charge in [0.1, 0.15) is 0 Å². The zero-order valence-electron chi connectivity index (χ0n) is 22.1. The van der Waals surface area contributed by atoms with E-state index in [1.54, 1.807) is 0 Å². The third-order valence-corrected chi connectivity index (χ3v) is 14.1. The second kappa shape index (κ2) is 9.08. The molecule has 0 aromatic heterocycles. The fraction of sp³-hybridized carbons (Fsp3) is 1.00. The van der Waals surface area contributed by atoms with Gasteiger partial charge in [-0.25, -0.2) is 0 Å². The maximum absolute atomic E-state index is 6.38. The van der Waals surface area contributed by atoms with Gasteiger partial charge in [0.2, 0.25) is 0 Å². The molecule has 0 bridgehead atoms. The Kier molecular flexibility index (Phi) is 6.77. The van der Waals surface area contributed by atoms with Crippen LogP contribution in [0.5, 0.6) is 0 Å². The fourth-order valence-corrected chi connectivity index (χ4v) is 13.0. The summed E-state index contributed by atoms with van der Waals surface area (Å²) in [6.45, 7) is 15.4. The molecule has 36 heavy (non-hydrogen) atoms. The molecule has 0 aromatic rings. The molecule has 6 heterocycles. The molecule has 10 atom stereocenters. The summed E-state index contributed by atoms with van der Waals surface area (Å²) in [4.78, 5) is 0. The first kappa shape index (κ1) is 26.8. The van der Waals surface area contributed by atoms with Crippen molar-refractivity contribution >= 4 is 26.3 Å². The Labute approximate surface area is 223 Å². The van der Waals surface area contributed by atoms with E-state index in [9.17, 15) is 0 Å². The molecule has 6 fully saturated rings. The summed E-state index contributed by atoms with van der Waals surface area (Å²) in [7, 11) is 0. The predicted octanol–water partition coefficient (Wildman–Crippen LogP) is 1.94. The molecule has 12 heteroatoms. The summed E-state index contributed by atoms with van der Waals surface area (Å²) in [5.74, 6) is -2.76. The number of hydrogen-bond donors (Lipinski definition) is 0. The van der Waals surface area contributed by atoms with Gasteiger partial charge in [0.15, 0.2) is 0 Å². The second-order valence-electron chi connectivity index (χ2n) is 12.0. The Morgan fingerprint density at radius 1 is 0.417 bits per heavy atom. The van der Waals surface area contributed by atoms with Gasteiger partial charge >= 0.3 is 224 Å². The van der Waals surface area contributed by atoms with E-state index in [0.29, 0.717) is 26.3 Å². The van der Waals surface area contributed by atoms with Crippen molar-refractivity contribution in [2.75, 3.05) is 0 Å². The van der Waals surface area contributed by atoms with Gasteiger partial charge in [0.25, 0.3) is 0 Å². The van der Waals surface area contributed by atoms with E-state index in [1.165, 1.54) is 0 Å². The van der Waals surface area contributed by atoms with Gasteiger partial charge in [-0.3, -0.25) is 0 Å². The monoisotopic (exact) mass is 646 g/mol. The molecule has 10 nitrogen and oxygen atoms in total. The van der Waals surface area contributed by atoms with Gasteiger partial charge in [-0.2, -0.15) is 0 Å². The van der Waals surface area contributed by atoms with Crippen LogP contribution in [0, 0.1) is 0 Å². The van der Waals surface area contributed by atoms with Crippen LogP contribution in [0.3, 0.4) is 0 Å². The molecule has 0 aromatic carbocycles. The van der Waals surface area contributed by atoms with Crippen molar-refractivity contribution < 1.29 is 47.4 Å². The van der Waals surface area contributed by atoms with Crippen LogP contribution in [0.25, 0.3) is 0 Å². The summed E-state index contributed by atoms with van der Waals surface area (Å²) in [5, 5.41) is 1.81. The standard InChI is InChI=1S/C24H38O10Se2/c1-21(2)27-13-11(25-19-17(15(13)29-21)31-23(5,6)33-19)9-35-36-10-12-14-16(30-22(3,4)28-14)18-20(26-12)34-24(7,8)32-18/h11-20H,9-10H2,1-8H3/t11-,12-,13+,14+,15+,16+,17-,18-,19-,20-/m1/s1. The predicted molar refractivity (Wildman–Crippen MR) is 126 cm³/mol. The zero-order chi connectivity index (χ0) is 25.7. The molecule has 0 aliphatic carbocycles. The van der Waals surface area contributed by atoms with Crippen molar-refractivity contribution in [3.05, 3.63) is 0 Å². The molecule has 6 saturated heterocycles. The minimum atomic E-state index is -0.704. The summed E-state index contributed by atoms with van der Waals surface area (Å²) in [6.07, 6.45) is -2.43. The molecule has 206 valence electrons. The van der Waals surface area contributed by atoms with Crippen molar-refractivity contribution in [1.82, 2.24) is 0 Å². The zero-order valence-corrected chi connectivity index (χ0v) is 25.5. The first-order valence-electron chi connectivity index (χ1n) is 12.7. The van der Waals surface area contributed by atoms with Crippen molar-refractivity contribution in [1.29, 1.82) is 0 Å². The van der Waals surface area contributed by atoms with E-state index >= 15 is 0 Å². The molecule has 0 spiro atoms. The molecular weight excluding hydrogens is 606 g/mol. The summed E-state index contributed by atoms with van der Waals surface area (Å²) >= 11 is 0.689. The van der Waals surface area contributed by atoms with E-state index in [-0.39, 0.29) is 48.8 Å². The van der Waals surface area contributed by atoms with Crippen molar-refractivity contribution in [2.24, 2.45) is 0 Å². The first-order chi connectivity index (χ1) is 16.7. The molecule has 0 unspecified atom stereocenters. The molecule has 0 amide bonds. The Hall–Kier alpha value is 0.639. The van der Waals surface area contributed by atoms with Gasteiger partial charge < -0.3 is 0 Å². The SMILES string of the molecule is CC1(C)O[C@H]2[C@@H](O1)[C@@H](C[Se][Se]C[C@H]1O[C@@H]3OC(C)(C)O[C@@H]3[C@H]3OC(C)(C)O[C@H]31)O[C@@H]1OC(C)(C)O[C@@H]12. The van der Waals surface area contributed by atoms with Crippen molar-refractivity contribution in [3.63, 3.8) is 0 Å². The van der Waals surface area contributed by atoms with E-state index in [1.807, 2.05) is 55.4 Å². The van der Waals surface area contributed by atoms with Crippen LogP contribution < -0.4 is 0 Å². The fourth-order valence-electron chi connectivity index (χ4n) is 5.89. The van der Waals surface area contributed by atoms with Crippen LogP contribution in [-0.4, -0.2) is 111 Å². The van der Waals surface area contributed by atoms with Gasteiger partial charge in [-0.05, 0) is 0 Å². The van der Waals surface area contributed by atoms with Gasteiger partial charge in [-0.15, -0.1) is 0 Å². The van der Waals surface area contributed by atoms with Gasteiger partial charge in [0, 0.05) is 0 Å². The number of ether oxygens (including phenoxy) is 10. The van der Waals surface area contributed by atoms with Crippen molar-refractivity contribution in [2.45, 2.75) is 151 Å². The molecule has 6 rings (SSSR count). The molecule has 0 saturated carbocycles. The van der Waals surface area contributed by atoms with Crippen LogP contribution in [0.15, 0.2) is 0 Å². The average molecular weight is 644 g/mol. The molecule has 0 N–H and O–H groups in total. The Morgan fingerprint density at radius 3 is 1.11 bits per heavy atom. The topological polar surface area (TPSA) is 92.3 Å². The van der Waals surface area contributed by atoms with Crippen LogP contribution in [-0.2, 0) is 47.4 Å². The van der Waals surface area contributed by atoms with Crippen LogP contribution in [0.2, 0.25) is 10.6 Å². The molecular formula is C24H38O10Se2. The quantitative estimate of drug-likeness (QED) is 0.327. The van der Waals surface area contributed by atoms with E-state index in [0.717, 1.165) is 10.6 Å². The van der Waals surface area contributed by atoms with Crippen molar-refractivity contribution in [3.8, 4) is 0 Å². The number of rotatable bonds is 5. The molecule has 0 radical (unpaired) electrons. The Bertz CT molecular complexity index is 785. The van der Waals surface area contributed by atoms with E-state index in [2.05, 4.69) is 0 Å². The summed E-state index contributed by atoms with van der Waals surface area (Å²) < 4.78 is 62.1. The first-order valence-corrected chi connectivity index (χ1v) is 19.4. The average Bonchev–Trinajstić information content (AvgIpc) is 3.42. The van der Waals surface area contributed by atoms with Crippen LogP contribution >= 0.6 is 0 Å². The maximum atomic E-state index is 6.38. The number of fused-ring (bicyclic) bond motifs is 6. The van der Waals surface area contributed by atoms with Gasteiger partial charge in [-0.1, -0.05) is 0 Å². The Morgan fingerprint density at radius 2 is 0.722 bits per heavy atom. The normalized spacial score (nSPS) is 49.3. The summed E-state index contributed by atoms with van der Waals surface area (Å²) in [5.41, 5.74) is 0. The third kappa shape index (κ3) is 5.10. The second-order valence-corrected chi connectivity index (χ2v) is 19.5. The van der Waals surface area contributed by atoms with E-state index in [4.69, 9.17) is 47.4 Å². The Balaban J connectivity index is 1.08. The van der Waals surface area contributed by atoms with Crippen LogP contribution in [0.4, 0.5) is 0 Å². The van der Waals surface area contributed by atoms with Crippen LogP contribution in [0.1, 0.15) is 55.4 Å². The van der Waals surface area contributed by atoms with E-state index < -0.39 is 35.7 Å². The molecule has 6 aliphatic heterocycles. The minimum absolute atomic E-state index is 0.0980. The molecule has 6 aliphatic rings.